The molecule has 1 N–H and O–H groups in total. The largest absolute Gasteiger partial charge is 0.299 e. The van der Waals surface area contributed by atoms with Crippen LogP contribution in [-0.4, -0.2) is 19.2 Å². The van der Waals surface area contributed by atoms with Gasteiger partial charge < -0.3 is 0 Å². The van der Waals surface area contributed by atoms with Crippen LogP contribution in [-0.2, 0) is 27.7 Å². The molecule has 150 valence electrons. The second-order valence-electron chi connectivity index (χ2n) is 6.77. The smallest absolute Gasteiger partial charge is 0.263 e. The topological polar surface area (TPSA) is 76.1 Å². The Hall–Kier alpha value is -2.70. The summed E-state index contributed by atoms with van der Waals surface area (Å²) in [5.74, 6) is 0.119. The fraction of sp³-hybridized carbons (Fsp3) is 0.182. The maximum absolute atomic E-state index is 12.7. The van der Waals surface area contributed by atoms with Crippen LogP contribution in [0.3, 0.4) is 0 Å². The van der Waals surface area contributed by atoms with E-state index in [0.29, 0.717) is 30.5 Å². The van der Waals surface area contributed by atoms with Gasteiger partial charge in [-0.25, -0.2) is 8.42 Å². The highest BCUT2D eigenvalue weighted by molar-refractivity contribution is 7.92. The van der Waals surface area contributed by atoms with Crippen LogP contribution >= 0.6 is 11.6 Å². The maximum Gasteiger partial charge on any atom is 0.263 e. The third-order valence-corrected chi connectivity index (χ3v) is 6.47. The number of benzene rings is 2. The summed E-state index contributed by atoms with van der Waals surface area (Å²) in [5, 5.41) is 0.174. The number of ketones is 1. The van der Waals surface area contributed by atoms with E-state index >= 15 is 0 Å². The van der Waals surface area contributed by atoms with Gasteiger partial charge in [-0.2, -0.15) is 0 Å². The normalized spacial score (nSPS) is 11.2. The lowest BCUT2D eigenvalue weighted by atomic mass is 10.0. The molecule has 1 heterocycles. The Bertz CT molecular complexity index is 1080. The minimum absolute atomic E-state index is 0.0660. The molecule has 0 saturated carbocycles. The van der Waals surface area contributed by atoms with Gasteiger partial charge in [-0.05, 0) is 54.3 Å². The van der Waals surface area contributed by atoms with Crippen molar-refractivity contribution in [1.82, 2.24) is 4.98 Å². The molecular weight excluding hydrogens is 408 g/mol. The first-order chi connectivity index (χ1) is 13.8. The zero-order valence-electron chi connectivity index (χ0n) is 15.9. The SMILES string of the molecule is Cc1cccc(Cl)c1S(=O)(=O)Nc1ccc(CC(=O)CCc2cccnc2)cc1. The fourth-order valence-electron chi connectivity index (χ4n) is 3.00. The Morgan fingerprint density at radius 2 is 1.79 bits per heavy atom. The van der Waals surface area contributed by atoms with Crippen molar-refractivity contribution in [2.45, 2.75) is 31.1 Å². The first kappa shape index (κ1) is 21.0. The number of sulfonamides is 1. The van der Waals surface area contributed by atoms with Gasteiger partial charge in [0.1, 0.15) is 10.7 Å². The number of aryl methyl sites for hydroxylation is 2. The molecule has 0 unspecified atom stereocenters. The van der Waals surface area contributed by atoms with Gasteiger partial charge >= 0.3 is 0 Å². The van der Waals surface area contributed by atoms with Gasteiger partial charge in [-0.15, -0.1) is 0 Å². The van der Waals surface area contributed by atoms with Crippen molar-refractivity contribution in [1.29, 1.82) is 0 Å². The number of hydrogen-bond acceptors (Lipinski definition) is 4. The van der Waals surface area contributed by atoms with Crippen LogP contribution in [0.2, 0.25) is 5.02 Å². The molecule has 0 amide bonds. The van der Waals surface area contributed by atoms with E-state index in [0.717, 1.165) is 11.1 Å². The molecule has 29 heavy (non-hydrogen) atoms. The lowest BCUT2D eigenvalue weighted by Gasteiger charge is -2.12. The Morgan fingerprint density at radius 3 is 2.45 bits per heavy atom. The van der Waals surface area contributed by atoms with Gasteiger partial charge in [-0.1, -0.05) is 41.9 Å². The number of nitrogens with one attached hydrogen (secondary N) is 1. The quantitative estimate of drug-likeness (QED) is 0.569. The second kappa shape index (κ2) is 9.20. The highest BCUT2D eigenvalue weighted by Gasteiger charge is 2.20. The van der Waals surface area contributed by atoms with Crippen molar-refractivity contribution in [3.63, 3.8) is 0 Å². The van der Waals surface area contributed by atoms with Gasteiger partial charge in [0.25, 0.3) is 10.0 Å². The van der Waals surface area contributed by atoms with E-state index in [1.807, 2.05) is 12.1 Å². The van der Waals surface area contributed by atoms with E-state index in [9.17, 15) is 13.2 Å². The van der Waals surface area contributed by atoms with E-state index in [1.165, 1.54) is 0 Å². The third kappa shape index (κ3) is 5.65. The molecule has 3 rings (SSSR count). The molecular formula is C22H21ClN2O3S. The molecule has 3 aromatic rings. The molecule has 5 nitrogen and oxygen atoms in total. The van der Waals surface area contributed by atoms with Crippen LogP contribution in [0, 0.1) is 6.92 Å². The van der Waals surface area contributed by atoms with E-state index in [2.05, 4.69) is 9.71 Å². The number of rotatable bonds is 8. The van der Waals surface area contributed by atoms with Crippen molar-refractivity contribution < 1.29 is 13.2 Å². The number of Topliss-reactive ketones (excluding diaryl/α,β-unsaturated/α-hetero) is 1. The second-order valence-corrected chi connectivity index (χ2v) is 8.79. The lowest BCUT2D eigenvalue weighted by Crippen LogP contribution is -2.15. The minimum Gasteiger partial charge on any atom is -0.299 e. The highest BCUT2D eigenvalue weighted by atomic mass is 35.5. The summed E-state index contributed by atoms with van der Waals surface area (Å²) in [7, 11) is -3.80. The Kier molecular flexibility index (Phi) is 6.67. The first-order valence-electron chi connectivity index (χ1n) is 9.12. The standard InChI is InChI=1S/C22H21ClN2O3S/c1-16-4-2-6-21(23)22(16)29(27,28)25-19-10-7-17(8-11-19)14-20(26)12-9-18-5-3-13-24-15-18/h2-8,10-11,13,15,25H,9,12,14H2,1H3. The molecule has 2 aromatic carbocycles. The molecule has 0 fully saturated rings. The zero-order chi connectivity index (χ0) is 20.9. The Balaban J connectivity index is 1.62. The van der Waals surface area contributed by atoms with Crippen LogP contribution in [0.25, 0.3) is 0 Å². The van der Waals surface area contributed by atoms with Crippen LogP contribution in [0.15, 0.2) is 71.9 Å². The van der Waals surface area contributed by atoms with Gasteiger partial charge in [0, 0.05) is 30.9 Å². The van der Waals surface area contributed by atoms with Crippen LogP contribution in [0.4, 0.5) is 5.69 Å². The molecule has 0 aliphatic carbocycles. The van der Waals surface area contributed by atoms with Gasteiger partial charge in [0.15, 0.2) is 0 Å². The average molecular weight is 429 g/mol. The van der Waals surface area contributed by atoms with E-state index in [1.54, 1.807) is 61.8 Å². The predicted octanol–water partition coefficient (Wildman–Crippen LogP) is 4.59. The summed E-state index contributed by atoms with van der Waals surface area (Å²) in [6.07, 6.45) is 4.85. The highest BCUT2D eigenvalue weighted by Crippen LogP contribution is 2.27. The van der Waals surface area contributed by atoms with Gasteiger partial charge in [0.2, 0.25) is 0 Å². The number of anilines is 1. The molecule has 0 radical (unpaired) electrons. The molecule has 0 aliphatic heterocycles. The zero-order valence-corrected chi connectivity index (χ0v) is 17.5. The summed E-state index contributed by atoms with van der Waals surface area (Å²) >= 11 is 6.08. The average Bonchev–Trinajstić information content (AvgIpc) is 2.68. The number of aromatic nitrogens is 1. The van der Waals surface area contributed by atoms with Crippen LogP contribution in [0.1, 0.15) is 23.1 Å². The predicted molar refractivity (Wildman–Crippen MR) is 115 cm³/mol. The Morgan fingerprint density at radius 1 is 1.03 bits per heavy atom. The van der Waals surface area contributed by atoms with E-state index in [-0.39, 0.29) is 15.7 Å². The number of hydrogen-bond donors (Lipinski definition) is 1. The number of pyridine rings is 1. The van der Waals surface area contributed by atoms with Crippen molar-refractivity contribution in [2.24, 2.45) is 0 Å². The first-order valence-corrected chi connectivity index (χ1v) is 11.0. The molecule has 0 saturated heterocycles. The summed E-state index contributed by atoms with van der Waals surface area (Å²) in [6, 6.07) is 15.5. The van der Waals surface area contributed by atoms with Gasteiger partial charge in [0.05, 0.1) is 5.02 Å². The minimum atomic E-state index is -3.80. The number of nitrogens with zero attached hydrogens (tertiary/aromatic N) is 1. The summed E-state index contributed by atoms with van der Waals surface area (Å²) < 4.78 is 27.9. The summed E-state index contributed by atoms with van der Waals surface area (Å²) in [6.45, 7) is 1.70. The molecule has 0 spiro atoms. The summed E-state index contributed by atoms with van der Waals surface area (Å²) in [5.41, 5.74) is 2.84. The molecule has 1 aromatic heterocycles. The number of carbonyl (C=O) groups excluding carboxylic acids is 1. The van der Waals surface area contributed by atoms with Crippen molar-refractivity contribution >= 4 is 33.1 Å². The van der Waals surface area contributed by atoms with Crippen molar-refractivity contribution in [3.8, 4) is 0 Å². The van der Waals surface area contributed by atoms with E-state index in [4.69, 9.17) is 11.6 Å². The van der Waals surface area contributed by atoms with Crippen molar-refractivity contribution in [3.05, 3.63) is 88.7 Å². The Labute approximate surface area is 175 Å². The molecule has 0 aliphatic rings. The fourth-order valence-corrected chi connectivity index (χ4v) is 4.89. The maximum atomic E-state index is 12.7. The molecule has 0 atom stereocenters. The third-order valence-electron chi connectivity index (χ3n) is 4.46. The monoisotopic (exact) mass is 428 g/mol. The van der Waals surface area contributed by atoms with Crippen LogP contribution in [0.5, 0.6) is 0 Å². The van der Waals surface area contributed by atoms with Crippen LogP contribution < -0.4 is 4.72 Å². The lowest BCUT2D eigenvalue weighted by molar-refractivity contribution is -0.118. The molecule has 7 heteroatoms. The van der Waals surface area contributed by atoms with Crippen molar-refractivity contribution in [2.75, 3.05) is 4.72 Å². The van der Waals surface area contributed by atoms with E-state index < -0.39 is 10.0 Å². The molecule has 0 bridgehead atoms. The number of halogens is 1. The van der Waals surface area contributed by atoms with Gasteiger partial charge in [-0.3, -0.25) is 14.5 Å². The number of carbonyl (C=O) groups is 1. The summed E-state index contributed by atoms with van der Waals surface area (Å²) in [4.78, 5) is 16.3.